The highest BCUT2D eigenvalue weighted by atomic mass is 16.6. The maximum absolute atomic E-state index is 12.8. The van der Waals surface area contributed by atoms with Gasteiger partial charge in [0, 0.05) is 35.5 Å². The van der Waals surface area contributed by atoms with Gasteiger partial charge >= 0.3 is 5.97 Å². The number of fused-ring (bicyclic) bond motifs is 10. The number of carbonyl (C=O) groups is 5. The van der Waals surface area contributed by atoms with Gasteiger partial charge in [0.1, 0.15) is 12.2 Å². The number of Topliss-reactive ketones (excluding diaryl/α,β-unsaturated/α-hetero) is 2. The van der Waals surface area contributed by atoms with Crippen molar-refractivity contribution >= 4 is 29.1 Å². The molecule has 0 aromatic heterocycles. The Morgan fingerprint density at radius 3 is 2.24 bits per heavy atom. The molecule has 0 aromatic rings. The highest BCUT2D eigenvalue weighted by molar-refractivity contribution is 6.01. The van der Waals surface area contributed by atoms with E-state index in [1.54, 1.807) is 19.1 Å². The molecular weight excluding hydrogens is 696 g/mol. The predicted octanol–water partition coefficient (Wildman–Crippen LogP) is 6.38. The molecule has 0 heterocycles. The van der Waals surface area contributed by atoms with Crippen LogP contribution < -0.4 is 0 Å². The topological polar surface area (TPSA) is 155 Å². The Bertz CT molecular complexity index is 1840. The van der Waals surface area contributed by atoms with Crippen molar-refractivity contribution in [2.75, 3.05) is 6.61 Å². The first-order valence-electron chi connectivity index (χ1n) is 20.8. The molecule has 0 aromatic carbocycles. The van der Waals surface area contributed by atoms with Crippen molar-refractivity contribution in [3.05, 3.63) is 47.1 Å². The van der Waals surface area contributed by atoms with Crippen molar-refractivity contribution in [1.29, 1.82) is 0 Å². The molecule has 8 aliphatic rings. The van der Waals surface area contributed by atoms with Crippen LogP contribution in [0.1, 0.15) is 120 Å². The number of aliphatic hydroxyl groups excluding tert-OH is 2. The van der Waals surface area contributed by atoms with E-state index < -0.39 is 35.1 Å². The van der Waals surface area contributed by atoms with Crippen molar-refractivity contribution in [2.45, 2.75) is 137 Å². The summed E-state index contributed by atoms with van der Waals surface area (Å²) in [5, 5.41) is 31.9. The summed E-state index contributed by atoms with van der Waals surface area (Å²) in [6.45, 7) is 15.1. The van der Waals surface area contributed by atoms with Crippen molar-refractivity contribution in [1.82, 2.24) is 0 Å². The van der Waals surface area contributed by atoms with Crippen LogP contribution in [0.25, 0.3) is 0 Å². The van der Waals surface area contributed by atoms with Crippen molar-refractivity contribution in [3.8, 4) is 0 Å². The molecule has 0 unspecified atom stereocenters. The Balaban J connectivity index is 0.000000169. The second kappa shape index (κ2) is 13.3. The van der Waals surface area contributed by atoms with Gasteiger partial charge in [-0.1, -0.05) is 57.9 Å². The lowest BCUT2D eigenvalue weighted by Gasteiger charge is -2.60. The van der Waals surface area contributed by atoms with Gasteiger partial charge in [0.15, 0.2) is 28.7 Å². The Morgan fingerprint density at radius 1 is 0.909 bits per heavy atom. The van der Waals surface area contributed by atoms with E-state index in [2.05, 4.69) is 40.7 Å². The minimum atomic E-state index is -1.57. The molecule has 8 aliphatic carbocycles. The normalized spacial score (nSPS) is 47.9. The first-order chi connectivity index (χ1) is 25.6. The number of carbonyl (C=O) groups excluding carboxylic acids is 5. The smallest absolute Gasteiger partial charge is 0.303 e. The zero-order valence-corrected chi connectivity index (χ0v) is 34.1. The molecule has 0 saturated heterocycles. The fourth-order valence-corrected chi connectivity index (χ4v) is 14.8. The molecule has 5 fully saturated rings. The van der Waals surface area contributed by atoms with Crippen LogP contribution in [0, 0.1) is 63.1 Å². The maximum atomic E-state index is 12.8. The molecular formula is C46H62O9. The lowest BCUT2D eigenvalue weighted by Crippen LogP contribution is -2.62. The van der Waals surface area contributed by atoms with Crippen molar-refractivity contribution in [2.24, 2.45) is 63.1 Å². The summed E-state index contributed by atoms with van der Waals surface area (Å²) in [4.78, 5) is 61.1. The summed E-state index contributed by atoms with van der Waals surface area (Å²) >= 11 is 0. The van der Waals surface area contributed by atoms with Crippen LogP contribution in [0.4, 0.5) is 0 Å². The zero-order valence-electron chi connectivity index (χ0n) is 34.1. The number of ether oxygens (including phenoxy) is 1. The number of rotatable bonds is 4. The summed E-state index contributed by atoms with van der Waals surface area (Å²) in [6, 6.07) is 0. The molecule has 0 bridgehead atoms. The van der Waals surface area contributed by atoms with E-state index in [9.17, 15) is 39.3 Å². The summed E-state index contributed by atoms with van der Waals surface area (Å²) in [7, 11) is 0. The summed E-state index contributed by atoms with van der Waals surface area (Å²) in [5.41, 5.74) is -0.437. The molecule has 0 amide bonds. The van der Waals surface area contributed by atoms with Gasteiger partial charge in [0.2, 0.25) is 0 Å². The molecule has 8 rings (SSSR count). The Kier molecular flexibility index (Phi) is 9.70. The van der Waals surface area contributed by atoms with Crippen LogP contribution >= 0.6 is 0 Å². The Hall–Kier alpha value is -3.01. The molecule has 300 valence electrons. The van der Waals surface area contributed by atoms with E-state index in [1.807, 2.05) is 19.1 Å². The van der Waals surface area contributed by atoms with Crippen LogP contribution in [0.15, 0.2) is 47.1 Å². The first kappa shape index (κ1) is 40.2. The largest absolute Gasteiger partial charge is 0.451 e. The highest BCUT2D eigenvalue weighted by Crippen LogP contribution is 2.69. The standard InChI is InChI=1S/C24H32O4.C22H30O5/c1-14-12-18-19(22(4)9-6-17(27)13-21(14)22)7-10-23(5)20(18)8-11-24(23,15(2)25)28-16(3)26;1-12-8-14-15-5-7-22(27,18(26)11-23)21(15,3)10-17(25)19(14)20(2)6-4-13(24)9-16(12)20/h12-13,18-20H,6-11H2,1-5H3;4,6,9,12,14-15,17,19,23,25,27H,5,7-8,10-11H2,1-3H3/t18-,19+,20+,22-,23+,24+;12-,14-,15-,17-,19+,20-,21-,22-/m10/s1. The molecule has 14 atom stereocenters. The van der Waals surface area contributed by atoms with Crippen LogP contribution in [-0.2, 0) is 28.7 Å². The Labute approximate surface area is 326 Å². The van der Waals surface area contributed by atoms with E-state index >= 15 is 0 Å². The third-order valence-electron chi connectivity index (χ3n) is 17.4. The van der Waals surface area contributed by atoms with Gasteiger partial charge in [0.25, 0.3) is 0 Å². The summed E-state index contributed by atoms with van der Waals surface area (Å²) < 4.78 is 5.82. The third kappa shape index (κ3) is 5.51. The van der Waals surface area contributed by atoms with E-state index in [-0.39, 0.29) is 63.2 Å². The minimum absolute atomic E-state index is 0.00620. The van der Waals surface area contributed by atoms with Gasteiger partial charge < -0.3 is 20.1 Å². The number of aliphatic hydroxyl groups is 3. The van der Waals surface area contributed by atoms with Crippen LogP contribution in [0.2, 0.25) is 0 Å². The molecule has 55 heavy (non-hydrogen) atoms. The second-order valence-electron chi connectivity index (χ2n) is 19.8. The maximum Gasteiger partial charge on any atom is 0.303 e. The number of allylic oxidation sites excluding steroid dienone is 8. The van der Waals surface area contributed by atoms with Gasteiger partial charge in [-0.15, -0.1) is 0 Å². The molecule has 0 radical (unpaired) electrons. The van der Waals surface area contributed by atoms with Crippen molar-refractivity contribution < 1.29 is 44.0 Å². The van der Waals surface area contributed by atoms with Crippen molar-refractivity contribution in [3.63, 3.8) is 0 Å². The van der Waals surface area contributed by atoms with Crippen LogP contribution in [0.5, 0.6) is 0 Å². The van der Waals surface area contributed by atoms with E-state index in [0.717, 1.165) is 44.1 Å². The minimum Gasteiger partial charge on any atom is -0.451 e. The fraction of sp³-hybridized carbons (Fsp3) is 0.717. The van der Waals surface area contributed by atoms with Crippen LogP contribution in [0.3, 0.4) is 0 Å². The number of esters is 1. The van der Waals surface area contributed by atoms with Gasteiger partial charge in [-0.3, -0.25) is 24.0 Å². The van der Waals surface area contributed by atoms with Gasteiger partial charge in [-0.2, -0.15) is 0 Å². The quantitative estimate of drug-likeness (QED) is 0.277. The molecule has 9 nitrogen and oxygen atoms in total. The Morgan fingerprint density at radius 2 is 1.58 bits per heavy atom. The van der Waals surface area contributed by atoms with Gasteiger partial charge in [0.05, 0.1) is 6.10 Å². The van der Waals surface area contributed by atoms with Gasteiger partial charge in [-0.05, 0) is 136 Å². The average molecular weight is 759 g/mol. The number of hydrogen-bond acceptors (Lipinski definition) is 9. The fourth-order valence-electron chi connectivity index (χ4n) is 14.8. The monoisotopic (exact) mass is 758 g/mol. The van der Waals surface area contributed by atoms with Crippen LogP contribution in [-0.4, -0.2) is 68.3 Å². The zero-order chi connectivity index (χ0) is 40.3. The first-order valence-corrected chi connectivity index (χ1v) is 20.8. The molecule has 3 N–H and O–H groups in total. The lowest BCUT2D eigenvalue weighted by molar-refractivity contribution is -0.185. The average Bonchev–Trinajstić information content (AvgIpc) is 3.56. The highest BCUT2D eigenvalue weighted by Gasteiger charge is 2.69. The number of ketones is 4. The summed E-state index contributed by atoms with van der Waals surface area (Å²) in [6.07, 6.45) is 16.1. The third-order valence-corrected chi connectivity index (χ3v) is 17.4. The molecule has 0 spiro atoms. The molecule has 0 aliphatic heterocycles. The summed E-state index contributed by atoms with van der Waals surface area (Å²) in [5.74, 6) is 0.952. The lowest BCUT2D eigenvalue weighted by atomic mass is 9.45. The number of hydrogen-bond donors (Lipinski definition) is 3. The molecule has 9 heteroatoms. The SMILES string of the molecule is CC(=O)O[C@]1(C(C)=O)CC[C@H]2[C@@H]3C=C(C)C4=CC(=O)CC[C@]4(C)[C@H]3CC[C@@]21C.C[C@H]1C[C@@H]2[C@H]([C@@H](O)C[C@@]3(C)[C@H]2CC[C@]3(O)C(=O)CO)[C@@]2(C)C=CC(=O)C=C12. The molecule has 5 saturated carbocycles. The van der Waals surface area contributed by atoms with Gasteiger partial charge in [-0.25, -0.2) is 0 Å². The van der Waals surface area contributed by atoms with E-state index in [1.165, 1.54) is 18.1 Å². The predicted molar refractivity (Wildman–Crippen MR) is 206 cm³/mol. The van der Waals surface area contributed by atoms with E-state index in [4.69, 9.17) is 4.74 Å². The second-order valence-corrected chi connectivity index (χ2v) is 19.8. The van der Waals surface area contributed by atoms with E-state index in [0.29, 0.717) is 43.4 Å².